The molecule has 0 unspecified atom stereocenters. The van der Waals surface area contributed by atoms with Gasteiger partial charge in [0.1, 0.15) is 0 Å². The van der Waals surface area contributed by atoms with Crippen LogP contribution in [0.5, 0.6) is 0 Å². The normalized spacial score (nSPS) is 15.8. The van der Waals surface area contributed by atoms with E-state index < -0.39 is 28.0 Å². The van der Waals surface area contributed by atoms with Crippen LogP contribution in [0.2, 0.25) is 0 Å². The quantitative estimate of drug-likeness (QED) is 0.536. The smallest absolute Gasteiger partial charge is 0.379 e. The van der Waals surface area contributed by atoms with E-state index in [2.05, 4.69) is 20.4 Å². The molecule has 0 radical (unpaired) electrons. The van der Waals surface area contributed by atoms with Crippen molar-refractivity contribution in [3.8, 4) is 0 Å². The summed E-state index contributed by atoms with van der Waals surface area (Å²) in [4.78, 5) is 33.0. The van der Waals surface area contributed by atoms with Gasteiger partial charge in [0.15, 0.2) is 6.10 Å². The highest BCUT2D eigenvalue weighted by Gasteiger charge is 2.26. The van der Waals surface area contributed by atoms with E-state index >= 15 is 0 Å². The van der Waals surface area contributed by atoms with Crippen LogP contribution in [0.1, 0.15) is 42.5 Å². The Bertz CT molecular complexity index is 1280. The number of carbonyl (C=O) groups excluding carboxylic acids is 2. The number of amides is 1. The minimum Gasteiger partial charge on any atom is -0.447 e. The number of nitrogens with zero attached hydrogens (tertiary/aromatic N) is 5. The number of aryl methyl sites for hydroxylation is 1. The van der Waals surface area contributed by atoms with E-state index in [0.717, 1.165) is 25.0 Å². The third kappa shape index (κ3) is 4.86. The van der Waals surface area contributed by atoms with Gasteiger partial charge in [-0.3, -0.25) is 4.79 Å². The molecule has 174 valence electrons. The van der Waals surface area contributed by atoms with Crippen molar-refractivity contribution in [1.29, 1.82) is 0 Å². The Labute approximate surface area is 190 Å². The van der Waals surface area contributed by atoms with E-state index in [4.69, 9.17) is 4.74 Å². The van der Waals surface area contributed by atoms with Gasteiger partial charge in [-0.2, -0.15) is 9.29 Å². The molecule has 0 saturated carbocycles. The number of fused-ring (bicyclic) bond motifs is 1. The average Bonchev–Trinajstić information content (AvgIpc) is 3.26. The van der Waals surface area contributed by atoms with Crippen molar-refractivity contribution >= 4 is 33.4 Å². The summed E-state index contributed by atoms with van der Waals surface area (Å²) in [5.74, 6) is -1.39. The Morgan fingerprint density at radius 2 is 1.79 bits per heavy atom. The minimum absolute atomic E-state index is 0.170. The topological polar surface area (TPSA) is 136 Å². The number of hydrogen-bond acceptors (Lipinski definition) is 8. The molecule has 0 aliphatic carbocycles. The standard InChI is InChI=1S/C21H24N6O5S/c1-14-10-11-22-21-24-18(25-27(14)21)20(29)32-15(2)19(28)23-16-6-8-17(9-7-16)33(30,31)26-12-4-3-5-13-26/h6-11,15H,3-5,12-13H2,1-2H3,(H,23,28)/t15-/m0/s1. The molecule has 4 rings (SSSR count). The number of anilines is 1. The summed E-state index contributed by atoms with van der Waals surface area (Å²) in [7, 11) is -3.55. The van der Waals surface area contributed by atoms with Crippen LogP contribution >= 0.6 is 0 Å². The average molecular weight is 473 g/mol. The van der Waals surface area contributed by atoms with Crippen LogP contribution in [0.3, 0.4) is 0 Å². The number of carbonyl (C=O) groups is 2. The molecule has 1 atom stereocenters. The summed E-state index contributed by atoms with van der Waals surface area (Å²) >= 11 is 0. The van der Waals surface area contributed by atoms with Crippen LogP contribution in [0, 0.1) is 6.92 Å². The van der Waals surface area contributed by atoms with Crippen molar-refractivity contribution in [3.05, 3.63) is 48.0 Å². The van der Waals surface area contributed by atoms with Crippen LogP contribution in [-0.4, -0.2) is 63.4 Å². The van der Waals surface area contributed by atoms with E-state index in [9.17, 15) is 18.0 Å². The van der Waals surface area contributed by atoms with E-state index in [-0.39, 0.29) is 16.5 Å². The molecule has 0 bridgehead atoms. The molecule has 1 aromatic carbocycles. The number of rotatable bonds is 6. The Kier molecular flexibility index (Phi) is 6.38. The summed E-state index contributed by atoms with van der Waals surface area (Å²) < 4.78 is 33.5. The van der Waals surface area contributed by atoms with Crippen LogP contribution in [0.4, 0.5) is 5.69 Å². The molecule has 3 heterocycles. The molecule has 11 nitrogen and oxygen atoms in total. The summed E-state index contributed by atoms with van der Waals surface area (Å²) in [5, 5.41) is 6.67. The molecule has 1 saturated heterocycles. The predicted octanol–water partition coefficient (Wildman–Crippen LogP) is 1.79. The Hall–Kier alpha value is -3.38. The highest BCUT2D eigenvalue weighted by Crippen LogP contribution is 2.22. The number of sulfonamides is 1. The van der Waals surface area contributed by atoms with Gasteiger partial charge in [0.2, 0.25) is 10.0 Å². The third-order valence-electron chi connectivity index (χ3n) is 5.34. The first-order valence-corrected chi connectivity index (χ1v) is 12.0. The summed E-state index contributed by atoms with van der Waals surface area (Å²) in [6.45, 7) is 4.24. The largest absolute Gasteiger partial charge is 0.447 e. The van der Waals surface area contributed by atoms with Gasteiger partial charge in [0, 0.05) is 30.7 Å². The van der Waals surface area contributed by atoms with Crippen LogP contribution in [0.25, 0.3) is 5.78 Å². The fourth-order valence-electron chi connectivity index (χ4n) is 3.47. The molecule has 1 N–H and O–H groups in total. The zero-order chi connectivity index (χ0) is 23.6. The van der Waals surface area contributed by atoms with Crippen LogP contribution in [-0.2, 0) is 19.6 Å². The van der Waals surface area contributed by atoms with Gasteiger partial charge in [0.05, 0.1) is 4.90 Å². The van der Waals surface area contributed by atoms with E-state index in [1.54, 1.807) is 19.2 Å². The lowest BCUT2D eigenvalue weighted by Gasteiger charge is -2.25. The number of ether oxygens (including phenoxy) is 1. The van der Waals surface area contributed by atoms with Crippen molar-refractivity contribution in [2.24, 2.45) is 0 Å². The lowest BCUT2D eigenvalue weighted by Crippen LogP contribution is -2.35. The fourth-order valence-corrected chi connectivity index (χ4v) is 4.99. The number of benzene rings is 1. The van der Waals surface area contributed by atoms with Gasteiger partial charge >= 0.3 is 5.97 Å². The summed E-state index contributed by atoms with van der Waals surface area (Å²) in [5.41, 5.74) is 1.12. The van der Waals surface area contributed by atoms with Crippen molar-refractivity contribution in [2.45, 2.75) is 44.1 Å². The maximum Gasteiger partial charge on any atom is 0.379 e. The zero-order valence-electron chi connectivity index (χ0n) is 18.3. The molecular weight excluding hydrogens is 448 g/mol. The highest BCUT2D eigenvalue weighted by atomic mass is 32.2. The molecule has 2 aromatic heterocycles. The SMILES string of the molecule is Cc1ccnc2nc(C(=O)O[C@@H](C)C(=O)Nc3ccc(S(=O)(=O)N4CCCCC4)cc3)nn12. The van der Waals surface area contributed by atoms with Gasteiger partial charge in [-0.15, -0.1) is 5.10 Å². The Morgan fingerprint density at radius 3 is 2.45 bits per heavy atom. The number of esters is 1. The van der Waals surface area contributed by atoms with Crippen molar-refractivity contribution in [2.75, 3.05) is 18.4 Å². The van der Waals surface area contributed by atoms with Gasteiger partial charge < -0.3 is 10.1 Å². The first-order chi connectivity index (χ1) is 15.8. The van der Waals surface area contributed by atoms with E-state index in [1.165, 1.54) is 40.0 Å². The Balaban J connectivity index is 1.38. The lowest BCUT2D eigenvalue weighted by molar-refractivity contribution is -0.123. The van der Waals surface area contributed by atoms with Gasteiger partial charge in [-0.25, -0.2) is 22.7 Å². The van der Waals surface area contributed by atoms with Crippen molar-refractivity contribution in [3.63, 3.8) is 0 Å². The maximum atomic E-state index is 12.7. The zero-order valence-corrected chi connectivity index (χ0v) is 19.1. The molecule has 3 aromatic rings. The lowest BCUT2D eigenvalue weighted by atomic mass is 10.2. The monoisotopic (exact) mass is 472 g/mol. The number of hydrogen-bond donors (Lipinski definition) is 1. The van der Waals surface area contributed by atoms with Crippen LogP contribution < -0.4 is 5.32 Å². The minimum atomic E-state index is -3.55. The molecule has 33 heavy (non-hydrogen) atoms. The number of aromatic nitrogens is 4. The molecule has 1 amide bonds. The molecule has 0 spiro atoms. The van der Waals surface area contributed by atoms with E-state index in [0.29, 0.717) is 18.8 Å². The maximum absolute atomic E-state index is 12.7. The first-order valence-electron chi connectivity index (χ1n) is 10.6. The molecule has 1 aliphatic rings. The third-order valence-corrected chi connectivity index (χ3v) is 7.25. The van der Waals surface area contributed by atoms with Gasteiger partial charge in [-0.1, -0.05) is 6.42 Å². The van der Waals surface area contributed by atoms with Crippen LogP contribution in [0.15, 0.2) is 41.4 Å². The number of piperidine rings is 1. The molecular formula is C21H24N6O5S. The highest BCUT2D eigenvalue weighted by molar-refractivity contribution is 7.89. The Morgan fingerprint density at radius 1 is 1.09 bits per heavy atom. The predicted molar refractivity (Wildman–Crippen MR) is 118 cm³/mol. The van der Waals surface area contributed by atoms with Gasteiger partial charge in [0.25, 0.3) is 17.5 Å². The second-order valence-corrected chi connectivity index (χ2v) is 9.70. The van der Waals surface area contributed by atoms with Crippen molar-refractivity contribution in [1.82, 2.24) is 23.9 Å². The summed E-state index contributed by atoms with van der Waals surface area (Å²) in [6.07, 6.45) is 3.15. The molecule has 1 fully saturated rings. The van der Waals surface area contributed by atoms with Gasteiger partial charge in [-0.05, 0) is 57.0 Å². The first kappa shape index (κ1) is 22.8. The number of nitrogens with one attached hydrogen (secondary N) is 1. The van der Waals surface area contributed by atoms with Crippen molar-refractivity contribution < 1.29 is 22.7 Å². The molecule has 12 heteroatoms. The fraction of sp³-hybridized carbons (Fsp3) is 0.381. The second-order valence-electron chi connectivity index (χ2n) is 7.76. The summed E-state index contributed by atoms with van der Waals surface area (Å²) in [6, 6.07) is 7.62. The molecule has 1 aliphatic heterocycles. The van der Waals surface area contributed by atoms with E-state index in [1.807, 2.05) is 0 Å². The second kappa shape index (κ2) is 9.24.